The normalized spacial score (nSPS) is 9.64. The Bertz CT molecular complexity index is 2920. The summed E-state index contributed by atoms with van der Waals surface area (Å²) in [6.45, 7) is 45.6. The van der Waals surface area contributed by atoms with Crippen molar-refractivity contribution in [3.05, 3.63) is 143 Å². The quantitative estimate of drug-likeness (QED) is 0.151. The van der Waals surface area contributed by atoms with Gasteiger partial charge in [0, 0.05) is 0 Å². The summed E-state index contributed by atoms with van der Waals surface area (Å²) in [5.74, 6) is 0. The molecule has 0 atom stereocenters. The zero-order valence-corrected chi connectivity index (χ0v) is 48.9. The number of aryl methyl sites for hydroxylation is 11. The first-order chi connectivity index (χ1) is 32.2. The lowest BCUT2D eigenvalue weighted by atomic mass is 10.0. The molecule has 0 aliphatic rings. The molecule has 5 aromatic carbocycles. The predicted octanol–water partition coefficient (Wildman–Crippen LogP) is 20.3. The van der Waals surface area contributed by atoms with Crippen LogP contribution in [0.1, 0.15) is 136 Å². The van der Waals surface area contributed by atoms with Gasteiger partial charge in [-0.2, -0.15) is 0 Å². The summed E-state index contributed by atoms with van der Waals surface area (Å²) in [6.07, 6.45) is 0. The number of nitrogens with zero attached hydrogens (tertiary/aromatic N) is 5. The number of rotatable bonds is 0. The smallest absolute Gasteiger partial charge is 0.0846 e. The molecule has 362 valence electrons. The number of fused-ring (bicyclic) bond motifs is 5. The Morgan fingerprint density at radius 2 is 0.731 bits per heavy atom. The highest BCUT2D eigenvalue weighted by molar-refractivity contribution is 7.18. The van der Waals surface area contributed by atoms with E-state index in [2.05, 4.69) is 157 Å². The van der Waals surface area contributed by atoms with Crippen molar-refractivity contribution in [1.82, 2.24) is 24.9 Å². The molecule has 0 fully saturated rings. The van der Waals surface area contributed by atoms with Gasteiger partial charge in [0.2, 0.25) is 0 Å². The second-order valence-corrected chi connectivity index (χ2v) is 18.8. The number of hydrogen-bond acceptors (Lipinski definition) is 10. The highest BCUT2D eigenvalue weighted by atomic mass is 32.1. The van der Waals surface area contributed by atoms with Crippen LogP contribution in [0, 0.1) is 83.1 Å². The number of thiazole rings is 5. The Kier molecular flexibility index (Phi) is 28.5. The highest BCUT2D eigenvalue weighted by Gasteiger charge is 2.07. The Balaban J connectivity index is 0.000000399. The second-order valence-electron chi connectivity index (χ2n) is 14.5. The van der Waals surface area contributed by atoms with Crippen molar-refractivity contribution in [1.29, 1.82) is 0 Å². The van der Waals surface area contributed by atoms with E-state index in [0.29, 0.717) is 0 Å². The van der Waals surface area contributed by atoms with E-state index < -0.39 is 0 Å². The fraction of sp³-hybridized carbons (Fsp3) is 0.386. The van der Waals surface area contributed by atoms with Crippen LogP contribution in [0.3, 0.4) is 0 Å². The molecule has 10 aromatic rings. The van der Waals surface area contributed by atoms with Gasteiger partial charge in [-0.1, -0.05) is 99.6 Å². The molecule has 67 heavy (non-hydrogen) atoms. The van der Waals surface area contributed by atoms with Crippen LogP contribution >= 0.6 is 56.7 Å². The first-order valence-electron chi connectivity index (χ1n) is 23.7. The van der Waals surface area contributed by atoms with Crippen LogP contribution in [0.25, 0.3) is 51.1 Å². The minimum atomic E-state index is 1.12. The van der Waals surface area contributed by atoms with E-state index in [1.165, 1.54) is 95.8 Å². The van der Waals surface area contributed by atoms with Gasteiger partial charge in [-0.15, -0.1) is 56.7 Å². The van der Waals surface area contributed by atoms with Gasteiger partial charge in [0.25, 0.3) is 0 Å². The molecule has 0 unspecified atom stereocenters. The standard InChI is InChI=1S/2C10H11NS.3C9H9NS.5C2H6/c1-6-4-9-10(12-5-11-9)8(3)7(6)2;1-6-4-7(2)10-9(8(6)3)11-5-12-10;1-6-3-7(2)9-8(4-6)11-5-10-9;1-6-3-4-8-9(7(6)2)11-5-10-8;1-6-3-4-7(2)9-8(6)10-5-11-9;5*1-2/h2*4-5H,1-3H3;3*3-5H,1-2H3;5*1-2H3. The zero-order valence-electron chi connectivity index (χ0n) is 44.8. The Morgan fingerprint density at radius 1 is 0.284 bits per heavy atom. The van der Waals surface area contributed by atoms with Crippen molar-refractivity contribution in [3.63, 3.8) is 0 Å². The maximum atomic E-state index is 4.36. The zero-order chi connectivity index (χ0) is 51.0. The molecule has 0 amide bonds. The first-order valence-corrected chi connectivity index (χ1v) is 28.1. The summed E-state index contributed by atoms with van der Waals surface area (Å²) in [4.78, 5) is 21.5. The minimum absolute atomic E-state index is 1.12. The molecule has 0 aliphatic carbocycles. The lowest BCUT2D eigenvalue weighted by Crippen LogP contribution is -1.85. The minimum Gasteiger partial charge on any atom is -0.245 e. The SMILES string of the molecule is CC.CC.CC.CC.CC.Cc1cc(C)c2ncsc2c1.Cc1cc(C)c2scnc2c1C.Cc1cc2ncsc2c(C)c1C.Cc1ccc(C)c2scnc12.Cc1ccc2ncsc2c1C. The van der Waals surface area contributed by atoms with E-state index in [1.54, 1.807) is 56.7 Å². The summed E-state index contributed by atoms with van der Waals surface area (Å²) >= 11 is 8.59. The number of benzene rings is 5. The van der Waals surface area contributed by atoms with E-state index >= 15 is 0 Å². The maximum absolute atomic E-state index is 4.36. The van der Waals surface area contributed by atoms with Crippen LogP contribution in [-0.2, 0) is 0 Å². The van der Waals surface area contributed by atoms with E-state index in [1.807, 2.05) is 96.8 Å². The van der Waals surface area contributed by atoms with Crippen molar-refractivity contribution in [2.24, 2.45) is 0 Å². The fourth-order valence-corrected chi connectivity index (χ4v) is 10.8. The molecular formula is C57H79N5S5. The van der Waals surface area contributed by atoms with Crippen molar-refractivity contribution >= 4 is 108 Å². The van der Waals surface area contributed by atoms with E-state index in [0.717, 1.165) is 22.1 Å². The van der Waals surface area contributed by atoms with Gasteiger partial charge >= 0.3 is 0 Å². The predicted molar refractivity (Wildman–Crippen MR) is 312 cm³/mol. The van der Waals surface area contributed by atoms with Crippen molar-refractivity contribution in [2.45, 2.75) is 152 Å². The average Bonchev–Trinajstić information content (AvgIpc) is 4.22. The van der Waals surface area contributed by atoms with Crippen molar-refractivity contribution in [3.8, 4) is 0 Å². The molecule has 0 saturated carbocycles. The van der Waals surface area contributed by atoms with Gasteiger partial charge in [0.15, 0.2) is 0 Å². The van der Waals surface area contributed by atoms with Crippen LogP contribution in [0.15, 0.2) is 76.1 Å². The van der Waals surface area contributed by atoms with Gasteiger partial charge in [-0.05, 0) is 168 Å². The molecule has 10 rings (SSSR count). The molecule has 0 spiro atoms. The molecule has 0 N–H and O–H groups in total. The molecular weight excluding hydrogens is 915 g/mol. The van der Waals surface area contributed by atoms with Crippen molar-refractivity contribution < 1.29 is 0 Å². The van der Waals surface area contributed by atoms with Crippen LogP contribution in [0.5, 0.6) is 0 Å². The van der Waals surface area contributed by atoms with Gasteiger partial charge in [-0.25, -0.2) is 24.9 Å². The summed E-state index contributed by atoms with van der Waals surface area (Å²) < 4.78 is 6.61. The molecule has 5 nitrogen and oxygen atoms in total. The number of hydrogen-bond donors (Lipinski definition) is 0. The molecule has 5 aromatic heterocycles. The van der Waals surface area contributed by atoms with E-state index in [4.69, 9.17) is 0 Å². The van der Waals surface area contributed by atoms with Crippen LogP contribution in [-0.4, -0.2) is 24.9 Å². The highest BCUT2D eigenvalue weighted by Crippen LogP contribution is 2.29. The summed E-state index contributed by atoms with van der Waals surface area (Å²) in [5, 5.41) is 0. The van der Waals surface area contributed by atoms with E-state index in [9.17, 15) is 0 Å². The lowest BCUT2D eigenvalue weighted by molar-refractivity contribution is 1.29. The van der Waals surface area contributed by atoms with Gasteiger partial charge in [0.05, 0.1) is 78.6 Å². The van der Waals surface area contributed by atoms with Gasteiger partial charge < -0.3 is 0 Å². The Morgan fingerprint density at radius 3 is 1.33 bits per heavy atom. The first kappa shape index (κ1) is 60.6. The average molecular weight is 995 g/mol. The van der Waals surface area contributed by atoms with Crippen molar-refractivity contribution in [2.75, 3.05) is 0 Å². The second kappa shape index (κ2) is 31.6. The van der Waals surface area contributed by atoms with Crippen LogP contribution in [0.4, 0.5) is 0 Å². The third kappa shape index (κ3) is 16.3. The molecule has 0 aliphatic heterocycles. The monoisotopic (exact) mass is 993 g/mol. The summed E-state index contributed by atoms with van der Waals surface area (Å²) in [5.41, 5.74) is 31.3. The molecule has 5 heterocycles. The topological polar surface area (TPSA) is 64.5 Å². The third-order valence-electron chi connectivity index (χ3n) is 10.4. The Hall–Kier alpha value is -4.45. The van der Waals surface area contributed by atoms with Crippen LogP contribution in [0.2, 0.25) is 0 Å². The van der Waals surface area contributed by atoms with Gasteiger partial charge in [-0.3, -0.25) is 0 Å². The lowest BCUT2D eigenvalue weighted by Gasteiger charge is -2.04. The third-order valence-corrected chi connectivity index (χ3v) is 15.0. The largest absolute Gasteiger partial charge is 0.245 e. The van der Waals surface area contributed by atoms with E-state index in [-0.39, 0.29) is 0 Å². The molecule has 10 heteroatoms. The number of aromatic nitrogens is 5. The fourth-order valence-electron chi connectivity index (χ4n) is 6.58. The van der Waals surface area contributed by atoms with Gasteiger partial charge in [0.1, 0.15) is 0 Å². The summed E-state index contributed by atoms with van der Waals surface area (Å²) in [6, 6.07) is 17.2. The summed E-state index contributed by atoms with van der Waals surface area (Å²) in [7, 11) is 0. The Labute approximate surface area is 424 Å². The molecule has 0 radical (unpaired) electrons. The molecule has 0 saturated heterocycles. The van der Waals surface area contributed by atoms with Crippen LogP contribution < -0.4 is 0 Å². The maximum Gasteiger partial charge on any atom is 0.0846 e. The molecule has 0 bridgehead atoms.